The lowest BCUT2D eigenvalue weighted by atomic mass is 9.90. The SMILES string of the molecule is Cc1sc2nc(C(C)(C)C)c(CC#N)n2c1-c1ccc2c(c1)OCO2. The van der Waals surface area contributed by atoms with Gasteiger partial charge in [-0.05, 0) is 25.1 Å². The van der Waals surface area contributed by atoms with Crippen molar-refractivity contribution >= 4 is 16.3 Å². The fraction of sp³-hybridized carbons (Fsp3) is 0.368. The van der Waals surface area contributed by atoms with E-state index in [1.54, 1.807) is 11.3 Å². The molecule has 1 aliphatic heterocycles. The van der Waals surface area contributed by atoms with Crippen LogP contribution in [0, 0.1) is 18.3 Å². The fourth-order valence-corrected chi connectivity index (χ4v) is 4.30. The number of nitriles is 1. The zero-order valence-electron chi connectivity index (χ0n) is 14.7. The number of benzene rings is 1. The third-order valence-corrected chi connectivity index (χ3v) is 5.30. The molecule has 0 fully saturated rings. The van der Waals surface area contributed by atoms with Crippen molar-refractivity contribution in [3.05, 3.63) is 34.5 Å². The monoisotopic (exact) mass is 353 g/mol. The summed E-state index contributed by atoms with van der Waals surface area (Å²) in [5.41, 5.74) is 3.97. The first-order chi connectivity index (χ1) is 11.9. The molecule has 1 aliphatic rings. The normalized spacial score (nSPS) is 13.4. The summed E-state index contributed by atoms with van der Waals surface area (Å²) in [6.45, 7) is 8.75. The molecule has 128 valence electrons. The van der Waals surface area contributed by atoms with Gasteiger partial charge < -0.3 is 9.47 Å². The van der Waals surface area contributed by atoms with Gasteiger partial charge in [-0.1, -0.05) is 20.8 Å². The van der Waals surface area contributed by atoms with Gasteiger partial charge in [0.15, 0.2) is 16.5 Å². The molecular formula is C19H19N3O2S. The number of thiazole rings is 1. The zero-order valence-corrected chi connectivity index (χ0v) is 15.5. The number of hydrogen-bond acceptors (Lipinski definition) is 5. The standard InChI is InChI=1S/C19H19N3O2S/c1-11-16(12-5-6-14-15(9-12)24-10-23-14)22-13(7-8-20)17(19(2,3)4)21-18(22)25-11/h5-6,9H,7,10H2,1-4H3. The Morgan fingerprint density at radius 2 is 2.04 bits per heavy atom. The predicted molar refractivity (Wildman–Crippen MR) is 97.4 cm³/mol. The van der Waals surface area contributed by atoms with Crippen LogP contribution in [0.4, 0.5) is 0 Å². The lowest BCUT2D eigenvalue weighted by molar-refractivity contribution is 0.174. The van der Waals surface area contributed by atoms with E-state index in [-0.39, 0.29) is 12.2 Å². The molecule has 0 saturated carbocycles. The van der Waals surface area contributed by atoms with Crippen LogP contribution in [0.5, 0.6) is 11.5 Å². The number of aryl methyl sites for hydroxylation is 1. The van der Waals surface area contributed by atoms with Crippen molar-refractivity contribution in [3.8, 4) is 28.8 Å². The molecular weight excluding hydrogens is 334 g/mol. The Morgan fingerprint density at radius 1 is 1.28 bits per heavy atom. The van der Waals surface area contributed by atoms with Crippen LogP contribution in [-0.4, -0.2) is 16.2 Å². The Kier molecular flexibility index (Phi) is 3.51. The lowest BCUT2D eigenvalue weighted by Crippen LogP contribution is -2.15. The fourth-order valence-electron chi connectivity index (χ4n) is 3.29. The summed E-state index contributed by atoms with van der Waals surface area (Å²) >= 11 is 1.65. The number of fused-ring (bicyclic) bond motifs is 2. The molecule has 3 heterocycles. The van der Waals surface area contributed by atoms with Gasteiger partial charge in [-0.15, -0.1) is 11.3 Å². The van der Waals surface area contributed by atoms with Crippen molar-refractivity contribution in [2.24, 2.45) is 0 Å². The Morgan fingerprint density at radius 3 is 2.76 bits per heavy atom. The Bertz CT molecular complexity index is 1020. The van der Waals surface area contributed by atoms with Crippen LogP contribution in [0.15, 0.2) is 18.2 Å². The van der Waals surface area contributed by atoms with E-state index >= 15 is 0 Å². The summed E-state index contributed by atoms with van der Waals surface area (Å²) in [5.74, 6) is 1.53. The third kappa shape index (κ3) is 2.47. The van der Waals surface area contributed by atoms with Crippen LogP contribution in [0.3, 0.4) is 0 Å². The first-order valence-corrected chi connectivity index (χ1v) is 9.00. The van der Waals surface area contributed by atoms with Crippen LogP contribution in [0.1, 0.15) is 37.0 Å². The minimum atomic E-state index is -0.113. The van der Waals surface area contributed by atoms with Gasteiger partial charge in [-0.3, -0.25) is 4.40 Å². The molecule has 0 radical (unpaired) electrons. The van der Waals surface area contributed by atoms with Gasteiger partial charge >= 0.3 is 0 Å². The minimum Gasteiger partial charge on any atom is -0.454 e. The molecule has 0 spiro atoms. The van der Waals surface area contributed by atoms with Crippen molar-refractivity contribution < 1.29 is 9.47 Å². The van der Waals surface area contributed by atoms with E-state index in [4.69, 9.17) is 14.5 Å². The van der Waals surface area contributed by atoms with E-state index in [2.05, 4.69) is 38.2 Å². The summed E-state index contributed by atoms with van der Waals surface area (Å²) < 4.78 is 13.1. The maximum absolute atomic E-state index is 9.36. The molecule has 0 unspecified atom stereocenters. The van der Waals surface area contributed by atoms with Crippen molar-refractivity contribution in [1.82, 2.24) is 9.38 Å². The molecule has 2 aromatic heterocycles. The highest BCUT2D eigenvalue weighted by atomic mass is 32.1. The van der Waals surface area contributed by atoms with E-state index in [0.29, 0.717) is 6.42 Å². The highest BCUT2D eigenvalue weighted by molar-refractivity contribution is 7.17. The Labute approximate surface area is 150 Å². The highest BCUT2D eigenvalue weighted by Gasteiger charge is 2.27. The van der Waals surface area contributed by atoms with Crippen molar-refractivity contribution in [2.45, 2.75) is 39.5 Å². The Balaban J connectivity index is 1.99. The molecule has 0 aliphatic carbocycles. The van der Waals surface area contributed by atoms with Crippen LogP contribution in [-0.2, 0) is 11.8 Å². The predicted octanol–water partition coefficient (Wildman–Crippen LogP) is 4.46. The second kappa shape index (κ2) is 5.50. The zero-order chi connectivity index (χ0) is 17.8. The molecule has 25 heavy (non-hydrogen) atoms. The molecule has 5 nitrogen and oxygen atoms in total. The molecule has 1 aromatic carbocycles. The van der Waals surface area contributed by atoms with Crippen molar-refractivity contribution in [1.29, 1.82) is 5.26 Å². The number of rotatable bonds is 2. The topological polar surface area (TPSA) is 59.6 Å². The third-order valence-electron chi connectivity index (χ3n) is 4.35. The lowest BCUT2D eigenvalue weighted by Gasteiger charge is -2.17. The van der Waals surface area contributed by atoms with E-state index in [1.165, 1.54) is 4.88 Å². The summed E-state index contributed by atoms with van der Waals surface area (Å²) in [6.07, 6.45) is 0.335. The van der Waals surface area contributed by atoms with Crippen LogP contribution < -0.4 is 9.47 Å². The second-order valence-corrected chi connectivity index (χ2v) is 8.37. The van der Waals surface area contributed by atoms with E-state index < -0.39 is 0 Å². The molecule has 0 N–H and O–H groups in total. The van der Waals surface area contributed by atoms with Crippen molar-refractivity contribution in [2.75, 3.05) is 6.79 Å². The van der Waals surface area contributed by atoms with E-state index in [1.807, 2.05) is 18.2 Å². The van der Waals surface area contributed by atoms with Gasteiger partial charge in [0.1, 0.15) is 0 Å². The van der Waals surface area contributed by atoms with Gasteiger partial charge in [0.05, 0.1) is 29.6 Å². The van der Waals surface area contributed by atoms with Crippen LogP contribution in [0.25, 0.3) is 16.2 Å². The quantitative estimate of drug-likeness (QED) is 0.682. The van der Waals surface area contributed by atoms with Crippen molar-refractivity contribution in [3.63, 3.8) is 0 Å². The van der Waals surface area contributed by atoms with E-state index in [9.17, 15) is 5.26 Å². The molecule has 3 aromatic rings. The summed E-state index contributed by atoms with van der Waals surface area (Å²) in [6, 6.07) is 8.28. The first-order valence-electron chi connectivity index (χ1n) is 8.18. The number of aromatic nitrogens is 2. The molecule has 0 atom stereocenters. The van der Waals surface area contributed by atoms with Gasteiger partial charge in [-0.2, -0.15) is 5.26 Å². The highest BCUT2D eigenvalue weighted by Crippen LogP contribution is 2.40. The molecule has 6 heteroatoms. The number of imidazole rings is 1. The summed E-state index contributed by atoms with van der Waals surface area (Å²) in [5, 5.41) is 9.36. The van der Waals surface area contributed by atoms with Gasteiger partial charge in [0.2, 0.25) is 6.79 Å². The first kappa shape index (κ1) is 16.0. The summed E-state index contributed by atoms with van der Waals surface area (Å²) in [7, 11) is 0. The smallest absolute Gasteiger partial charge is 0.231 e. The maximum atomic E-state index is 9.36. The average Bonchev–Trinajstić information content (AvgIpc) is 3.20. The van der Waals surface area contributed by atoms with Crippen LogP contribution in [0.2, 0.25) is 0 Å². The maximum Gasteiger partial charge on any atom is 0.231 e. The molecule has 0 amide bonds. The van der Waals surface area contributed by atoms with Gasteiger partial charge in [0.25, 0.3) is 0 Å². The summed E-state index contributed by atoms with van der Waals surface area (Å²) in [4.78, 5) is 6.95. The van der Waals surface area contributed by atoms with Gasteiger partial charge in [0, 0.05) is 15.9 Å². The average molecular weight is 353 g/mol. The van der Waals surface area contributed by atoms with Gasteiger partial charge in [-0.25, -0.2) is 4.98 Å². The molecule has 4 rings (SSSR count). The van der Waals surface area contributed by atoms with Crippen LogP contribution >= 0.6 is 11.3 Å². The number of hydrogen-bond donors (Lipinski definition) is 0. The second-order valence-electron chi connectivity index (χ2n) is 7.18. The molecule has 0 saturated heterocycles. The minimum absolute atomic E-state index is 0.113. The number of nitrogens with zero attached hydrogens (tertiary/aromatic N) is 3. The Hall–Kier alpha value is -2.52. The molecule has 0 bridgehead atoms. The largest absolute Gasteiger partial charge is 0.454 e. The van der Waals surface area contributed by atoms with E-state index in [0.717, 1.165) is 39.1 Å². The number of ether oxygens (including phenoxy) is 2.